The van der Waals surface area contributed by atoms with Crippen LogP contribution in [0.25, 0.3) is 11.3 Å². The number of hydrogen-bond donors (Lipinski definition) is 1. The number of piperidine rings is 1. The predicted octanol–water partition coefficient (Wildman–Crippen LogP) is 5.22. The zero-order chi connectivity index (χ0) is 24.3. The Morgan fingerprint density at radius 1 is 1.21 bits per heavy atom. The lowest BCUT2D eigenvalue weighted by molar-refractivity contribution is -0.122. The number of primary amides is 1. The van der Waals surface area contributed by atoms with E-state index in [0.717, 1.165) is 5.56 Å². The number of ether oxygens (including phenoxy) is 1. The van der Waals surface area contributed by atoms with Gasteiger partial charge in [0.25, 0.3) is 5.91 Å². The molecule has 0 bridgehead atoms. The topological polar surface area (TPSA) is 85.8 Å². The molecule has 34 heavy (non-hydrogen) atoms. The average Bonchev–Trinajstić information content (AvgIpc) is 3.29. The van der Waals surface area contributed by atoms with Gasteiger partial charge in [-0.2, -0.15) is 0 Å². The minimum Gasteiger partial charge on any atom is -0.493 e. The summed E-state index contributed by atoms with van der Waals surface area (Å²) in [7, 11) is 0. The molecule has 8 heteroatoms. The van der Waals surface area contributed by atoms with Crippen LogP contribution in [-0.2, 0) is 4.79 Å². The number of aryl methyl sites for hydroxylation is 1. The lowest BCUT2D eigenvalue weighted by atomic mass is 9.77. The normalized spacial score (nSPS) is 18.0. The fourth-order valence-electron chi connectivity index (χ4n) is 4.42. The van der Waals surface area contributed by atoms with Gasteiger partial charge in [-0.25, -0.2) is 4.39 Å². The van der Waals surface area contributed by atoms with Crippen molar-refractivity contribution in [1.29, 1.82) is 0 Å². The Kier molecular flexibility index (Phi) is 6.93. The predicted molar refractivity (Wildman–Crippen MR) is 127 cm³/mol. The number of benzene rings is 2. The van der Waals surface area contributed by atoms with Crippen LogP contribution >= 0.6 is 11.6 Å². The summed E-state index contributed by atoms with van der Waals surface area (Å²) in [6.07, 6.45) is 1.45. The Morgan fingerprint density at radius 3 is 2.74 bits per heavy atom. The summed E-state index contributed by atoms with van der Waals surface area (Å²) in [6, 6.07) is 14.7. The number of nitrogens with zero attached hydrogens (tertiary/aromatic N) is 1. The maximum Gasteiger partial charge on any atom is 0.289 e. The molecular weight excluding hydrogens is 459 g/mol. The molecule has 1 aromatic heterocycles. The van der Waals surface area contributed by atoms with Crippen LogP contribution in [-0.4, -0.2) is 36.4 Å². The molecule has 0 saturated carbocycles. The summed E-state index contributed by atoms with van der Waals surface area (Å²) in [5.74, 6) is -0.173. The molecule has 0 spiro atoms. The summed E-state index contributed by atoms with van der Waals surface area (Å²) in [5.41, 5.74) is 6.10. The first-order valence-corrected chi connectivity index (χ1v) is 11.5. The first-order valence-electron chi connectivity index (χ1n) is 11.1. The minimum atomic E-state index is -0.631. The molecule has 1 aliphatic rings. The minimum absolute atomic E-state index is 0.0853. The number of amides is 2. The molecule has 4 rings (SSSR count). The van der Waals surface area contributed by atoms with E-state index in [4.69, 9.17) is 26.5 Å². The molecule has 6 nitrogen and oxygen atoms in total. The third-order valence-corrected chi connectivity index (χ3v) is 6.55. The molecular formula is C26H26ClFN2O4. The van der Waals surface area contributed by atoms with E-state index < -0.39 is 17.1 Å². The second kappa shape index (κ2) is 9.89. The standard InChI is InChI=1S/C26H26ClFN2O4/c1-17-13-18(7-8-20(17)27)33-16-26(14-24(29)31)11-4-12-30(15-26)25(32)23-10-9-22(34-23)19-5-2-3-6-21(19)28/h2-3,5-10,13H,4,11-12,14-16H2,1H3,(H2,29,31)/t26-/m0/s1. The van der Waals surface area contributed by atoms with Crippen molar-refractivity contribution in [1.82, 2.24) is 4.90 Å². The average molecular weight is 485 g/mol. The van der Waals surface area contributed by atoms with Crippen LogP contribution in [0, 0.1) is 18.2 Å². The molecule has 0 unspecified atom stereocenters. The van der Waals surface area contributed by atoms with E-state index in [-0.39, 0.29) is 42.6 Å². The highest BCUT2D eigenvalue weighted by molar-refractivity contribution is 6.31. The first-order chi connectivity index (χ1) is 16.3. The second-order valence-electron chi connectivity index (χ2n) is 8.82. The Labute approximate surface area is 202 Å². The van der Waals surface area contributed by atoms with E-state index in [9.17, 15) is 14.0 Å². The lowest BCUT2D eigenvalue weighted by Crippen LogP contribution is -2.50. The van der Waals surface area contributed by atoms with E-state index in [2.05, 4.69) is 0 Å². The van der Waals surface area contributed by atoms with Crippen molar-refractivity contribution in [2.75, 3.05) is 19.7 Å². The van der Waals surface area contributed by atoms with Gasteiger partial charge < -0.3 is 19.8 Å². The van der Waals surface area contributed by atoms with Gasteiger partial charge in [0.15, 0.2) is 5.76 Å². The number of rotatable bonds is 7. The van der Waals surface area contributed by atoms with E-state index in [1.807, 2.05) is 13.0 Å². The first kappa shape index (κ1) is 23.8. The Balaban J connectivity index is 1.51. The second-order valence-corrected chi connectivity index (χ2v) is 9.22. The number of carbonyl (C=O) groups is 2. The molecule has 2 heterocycles. The van der Waals surface area contributed by atoms with Crippen LogP contribution in [0.1, 0.15) is 35.4 Å². The molecule has 0 aliphatic carbocycles. The highest BCUT2D eigenvalue weighted by Gasteiger charge is 2.40. The number of carbonyl (C=O) groups excluding carboxylic acids is 2. The zero-order valence-electron chi connectivity index (χ0n) is 18.9. The molecule has 2 amide bonds. The van der Waals surface area contributed by atoms with Gasteiger partial charge in [0.2, 0.25) is 5.91 Å². The summed E-state index contributed by atoms with van der Waals surface area (Å²) in [4.78, 5) is 26.8. The highest BCUT2D eigenvalue weighted by Crippen LogP contribution is 2.36. The van der Waals surface area contributed by atoms with Gasteiger partial charge in [0, 0.05) is 29.9 Å². The maximum atomic E-state index is 14.1. The summed E-state index contributed by atoms with van der Waals surface area (Å²) in [6.45, 7) is 2.90. The van der Waals surface area contributed by atoms with Gasteiger partial charge in [0.05, 0.1) is 12.2 Å². The van der Waals surface area contributed by atoms with Crippen LogP contribution in [0.4, 0.5) is 4.39 Å². The molecule has 1 atom stereocenters. The van der Waals surface area contributed by atoms with Crippen molar-refractivity contribution < 1.29 is 23.1 Å². The number of hydrogen-bond acceptors (Lipinski definition) is 4. The molecule has 3 aromatic rings. The van der Waals surface area contributed by atoms with Crippen molar-refractivity contribution in [2.45, 2.75) is 26.2 Å². The largest absolute Gasteiger partial charge is 0.493 e. The summed E-state index contributed by atoms with van der Waals surface area (Å²) < 4.78 is 25.8. The summed E-state index contributed by atoms with van der Waals surface area (Å²) in [5, 5.41) is 0.641. The number of furan rings is 1. The Hall–Kier alpha value is -3.32. The quantitative estimate of drug-likeness (QED) is 0.498. The van der Waals surface area contributed by atoms with Crippen molar-refractivity contribution >= 4 is 23.4 Å². The molecule has 2 aromatic carbocycles. The molecule has 0 radical (unpaired) electrons. The molecule has 1 saturated heterocycles. The van der Waals surface area contributed by atoms with Crippen LogP contribution in [0.2, 0.25) is 5.02 Å². The molecule has 1 fully saturated rings. The van der Waals surface area contributed by atoms with E-state index in [1.54, 1.807) is 47.4 Å². The molecule has 1 aliphatic heterocycles. The van der Waals surface area contributed by atoms with Crippen LogP contribution in [0.5, 0.6) is 5.75 Å². The van der Waals surface area contributed by atoms with Gasteiger partial charge in [-0.05, 0) is 67.8 Å². The van der Waals surface area contributed by atoms with Gasteiger partial charge >= 0.3 is 0 Å². The van der Waals surface area contributed by atoms with Crippen LogP contribution in [0.15, 0.2) is 59.0 Å². The van der Waals surface area contributed by atoms with Gasteiger partial charge in [-0.1, -0.05) is 23.7 Å². The lowest BCUT2D eigenvalue weighted by Gasteiger charge is -2.41. The monoisotopic (exact) mass is 484 g/mol. The van der Waals surface area contributed by atoms with Crippen molar-refractivity contribution in [3.8, 4) is 17.1 Å². The Bertz CT molecular complexity index is 1210. The molecule has 178 valence electrons. The number of halogens is 2. The number of nitrogens with two attached hydrogens (primary N) is 1. The summed E-state index contributed by atoms with van der Waals surface area (Å²) >= 11 is 6.10. The van der Waals surface area contributed by atoms with Crippen LogP contribution in [0.3, 0.4) is 0 Å². The molecule has 2 N–H and O–H groups in total. The van der Waals surface area contributed by atoms with Crippen LogP contribution < -0.4 is 10.5 Å². The smallest absolute Gasteiger partial charge is 0.289 e. The van der Waals surface area contributed by atoms with Gasteiger partial charge in [0.1, 0.15) is 17.3 Å². The van der Waals surface area contributed by atoms with E-state index >= 15 is 0 Å². The highest BCUT2D eigenvalue weighted by atomic mass is 35.5. The van der Waals surface area contributed by atoms with Crippen molar-refractivity contribution in [3.05, 3.63) is 76.8 Å². The third kappa shape index (κ3) is 5.25. The number of likely N-dealkylation sites (tertiary alicyclic amines) is 1. The maximum absolute atomic E-state index is 14.1. The van der Waals surface area contributed by atoms with Crippen molar-refractivity contribution in [3.63, 3.8) is 0 Å². The van der Waals surface area contributed by atoms with Crippen molar-refractivity contribution in [2.24, 2.45) is 11.1 Å². The fourth-order valence-corrected chi connectivity index (χ4v) is 4.54. The fraction of sp³-hybridized carbons (Fsp3) is 0.308. The Morgan fingerprint density at radius 2 is 2.00 bits per heavy atom. The SMILES string of the molecule is Cc1cc(OC[C@]2(CC(N)=O)CCCN(C(=O)c3ccc(-c4ccccc4F)o3)C2)ccc1Cl. The third-order valence-electron chi connectivity index (χ3n) is 6.13. The van der Waals surface area contributed by atoms with E-state index in [0.29, 0.717) is 30.2 Å². The van der Waals surface area contributed by atoms with Gasteiger partial charge in [-0.15, -0.1) is 0 Å². The zero-order valence-corrected chi connectivity index (χ0v) is 19.6. The van der Waals surface area contributed by atoms with Gasteiger partial charge in [-0.3, -0.25) is 9.59 Å². The van der Waals surface area contributed by atoms with E-state index in [1.165, 1.54) is 6.07 Å².